The van der Waals surface area contributed by atoms with Crippen molar-refractivity contribution in [3.8, 4) is 0 Å². The Morgan fingerprint density at radius 1 is 1.22 bits per heavy atom. The lowest BCUT2D eigenvalue weighted by Gasteiger charge is -2.29. The summed E-state index contributed by atoms with van der Waals surface area (Å²) in [6.45, 7) is 11.9. The standard InChI is InChI=1S/C22H32N4O/c1-5-20-21(16(4)25-27-20)19-7-6-10-26(19)13-18-12-23-24-22(18)17-9-8-14(2)15(3)11-17/h8-9,11,18-19,22-24H,5-7,10,12-13H2,1-4H3. The van der Waals surface area contributed by atoms with Gasteiger partial charge in [-0.2, -0.15) is 0 Å². The number of benzene rings is 1. The number of hydrogen-bond acceptors (Lipinski definition) is 5. The Bertz CT molecular complexity index is 800. The van der Waals surface area contributed by atoms with Gasteiger partial charge in [-0.1, -0.05) is 30.3 Å². The van der Waals surface area contributed by atoms with Gasteiger partial charge in [0.25, 0.3) is 0 Å². The van der Waals surface area contributed by atoms with Crippen LogP contribution in [-0.4, -0.2) is 29.7 Å². The summed E-state index contributed by atoms with van der Waals surface area (Å²) in [6.07, 6.45) is 3.37. The Hall–Kier alpha value is -1.69. The van der Waals surface area contributed by atoms with E-state index in [0.717, 1.165) is 37.5 Å². The van der Waals surface area contributed by atoms with Crippen molar-refractivity contribution >= 4 is 0 Å². The van der Waals surface area contributed by atoms with Gasteiger partial charge in [0.2, 0.25) is 0 Å². The first kappa shape index (κ1) is 18.7. The molecule has 0 radical (unpaired) electrons. The minimum Gasteiger partial charge on any atom is -0.361 e. The van der Waals surface area contributed by atoms with Crippen LogP contribution in [0.5, 0.6) is 0 Å². The predicted molar refractivity (Wildman–Crippen MR) is 107 cm³/mol. The van der Waals surface area contributed by atoms with E-state index >= 15 is 0 Å². The number of aryl methyl sites for hydroxylation is 4. The molecule has 2 aliphatic heterocycles. The minimum absolute atomic E-state index is 0.361. The van der Waals surface area contributed by atoms with Crippen molar-refractivity contribution in [2.45, 2.75) is 59.0 Å². The highest BCUT2D eigenvalue weighted by atomic mass is 16.5. The van der Waals surface area contributed by atoms with Gasteiger partial charge >= 0.3 is 0 Å². The van der Waals surface area contributed by atoms with Crippen LogP contribution in [0, 0.1) is 26.7 Å². The maximum absolute atomic E-state index is 5.59. The number of nitrogens with zero attached hydrogens (tertiary/aromatic N) is 2. The molecule has 2 N–H and O–H groups in total. The molecule has 4 rings (SSSR count). The first-order valence-corrected chi connectivity index (χ1v) is 10.3. The molecule has 146 valence electrons. The summed E-state index contributed by atoms with van der Waals surface area (Å²) >= 11 is 0. The lowest BCUT2D eigenvalue weighted by atomic mass is 9.91. The fraction of sp³-hybridized carbons (Fsp3) is 0.591. The average Bonchev–Trinajstić information content (AvgIpc) is 3.38. The number of rotatable bonds is 5. The molecular weight excluding hydrogens is 336 g/mol. The predicted octanol–water partition coefficient (Wildman–Crippen LogP) is 3.76. The maximum atomic E-state index is 5.59. The third-order valence-corrected chi connectivity index (χ3v) is 6.45. The van der Waals surface area contributed by atoms with Gasteiger partial charge < -0.3 is 4.52 Å². The lowest BCUT2D eigenvalue weighted by molar-refractivity contribution is 0.209. The molecule has 2 aromatic rings. The SMILES string of the molecule is CCc1onc(C)c1C1CCCN1CC1CNNC1c1ccc(C)c(C)c1. The van der Waals surface area contributed by atoms with Crippen LogP contribution >= 0.6 is 0 Å². The molecule has 0 saturated carbocycles. The van der Waals surface area contributed by atoms with Crippen LogP contribution in [-0.2, 0) is 6.42 Å². The van der Waals surface area contributed by atoms with E-state index in [1.165, 1.54) is 35.1 Å². The van der Waals surface area contributed by atoms with E-state index in [2.05, 4.69) is 66.8 Å². The second-order valence-electron chi connectivity index (χ2n) is 8.22. The largest absolute Gasteiger partial charge is 0.361 e. The first-order chi connectivity index (χ1) is 13.1. The zero-order valence-corrected chi connectivity index (χ0v) is 17.0. The van der Waals surface area contributed by atoms with Gasteiger partial charge in [0.15, 0.2) is 0 Å². The molecule has 1 aromatic heterocycles. The Labute approximate surface area is 162 Å². The Morgan fingerprint density at radius 2 is 2.07 bits per heavy atom. The average molecular weight is 369 g/mol. The molecule has 2 aliphatic rings. The van der Waals surface area contributed by atoms with Crippen molar-refractivity contribution in [3.63, 3.8) is 0 Å². The second kappa shape index (κ2) is 7.74. The Balaban J connectivity index is 1.53. The molecule has 0 spiro atoms. The van der Waals surface area contributed by atoms with Crippen molar-refractivity contribution in [2.24, 2.45) is 5.92 Å². The minimum atomic E-state index is 0.361. The van der Waals surface area contributed by atoms with E-state index in [9.17, 15) is 0 Å². The van der Waals surface area contributed by atoms with Crippen LogP contribution in [0.3, 0.4) is 0 Å². The van der Waals surface area contributed by atoms with Gasteiger partial charge in [-0.15, -0.1) is 0 Å². The molecular formula is C22H32N4O. The van der Waals surface area contributed by atoms with Crippen LogP contribution in [0.25, 0.3) is 0 Å². The number of aromatic nitrogens is 1. The van der Waals surface area contributed by atoms with Crippen LogP contribution in [0.1, 0.15) is 65.6 Å². The van der Waals surface area contributed by atoms with Gasteiger partial charge in [-0.25, -0.2) is 5.43 Å². The monoisotopic (exact) mass is 368 g/mol. The molecule has 3 heterocycles. The van der Waals surface area contributed by atoms with Crippen LogP contribution < -0.4 is 10.9 Å². The molecule has 2 saturated heterocycles. The molecule has 0 aliphatic carbocycles. The molecule has 2 fully saturated rings. The second-order valence-corrected chi connectivity index (χ2v) is 8.22. The molecule has 3 unspecified atom stereocenters. The van der Waals surface area contributed by atoms with Crippen molar-refractivity contribution in [1.29, 1.82) is 0 Å². The van der Waals surface area contributed by atoms with Crippen molar-refractivity contribution in [3.05, 3.63) is 51.9 Å². The zero-order chi connectivity index (χ0) is 19.0. The molecule has 1 aromatic carbocycles. The van der Waals surface area contributed by atoms with E-state index in [1.54, 1.807) is 0 Å². The molecule has 0 amide bonds. The van der Waals surface area contributed by atoms with Crippen molar-refractivity contribution in [1.82, 2.24) is 20.9 Å². The summed E-state index contributed by atoms with van der Waals surface area (Å²) in [5.74, 6) is 1.62. The fourth-order valence-electron chi connectivity index (χ4n) is 4.80. The van der Waals surface area contributed by atoms with Crippen molar-refractivity contribution < 1.29 is 4.52 Å². The Kier molecular flexibility index (Phi) is 5.35. The first-order valence-electron chi connectivity index (χ1n) is 10.3. The summed E-state index contributed by atoms with van der Waals surface area (Å²) in [6, 6.07) is 7.68. The van der Waals surface area contributed by atoms with E-state index in [0.29, 0.717) is 18.0 Å². The van der Waals surface area contributed by atoms with Crippen LogP contribution in [0.2, 0.25) is 0 Å². The molecule has 5 nitrogen and oxygen atoms in total. The van der Waals surface area contributed by atoms with E-state index in [1.807, 2.05) is 0 Å². The quantitative estimate of drug-likeness (QED) is 0.841. The van der Waals surface area contributed by atoms with Gasteiger partial charge in [-0.05, 0) is 56.8 Å². The molecule has 0 bridgehead atoms. The van der Waals surface area contributed by atoms with E-state index < -0.39 is 0 Å². The Morgan fingerprint density at radius 3 is 2.85 bits per heavy atom. The van der Waals surface area contributed by atoms with Gasteiger partial charge in [0.05, 0.1) is 11.7 Å². The highest BCUT2D eigenvalue weighted by molar-refractivity contribution is 5.32. The number of nitrogens with one attached hydrogen (secondary N) is 2. The van der Waals surface area contributed by atoms with Crippen LogP contribution in [0.4, 0.5) is 0 Å². The number of hydrogen-bond donors (Lipinski definition) is 2. The van der Waals surface area contributed by atoms with Gasteiger partial charge in [-0.3, -0.25) is 10.3 Å². The highest BCUT2D eigenvalue weighted by Crippen LogP contribution is 2.38. The van der Waals surface area contributed by atoms with E-state index in [4.69, 9.17) is 4.52 Å². The molecule has 5 heteroatoms. The summed E-state index contributed by atoms with van der Waals surface area (Å²) < 4.78 is 5.59. The number of likely N-dealkylation sites (tertiary alicyclic amines) is 1. The van der Waals surface area contributed by atoms with Crippen LogP contribution in [0.15, 0.2) is 22.7 Å². The lowest BCUT2D eigenvalue weighted by Crippen LogP contribution is -2.33. The smallest absolute Gasteiger partial charge is 0.141 e. The van der Waals surface area contributed by atoms with Gasteiger partial charge in [0, 0.05) is 37.0 Å². The maximum Gasteiger partial charge on any atom is 0.141 e. The third kappa shape index (κ3) is 3.56. The summed E-state index contributed by atoms with van der Waals surface area (Å²) in [5, 5.41) is 4.25. The normalized spacial score (nSPS) is 26.1. The van der Waals surface area contributed by atoms with Crippen molar-refractivity contribution in [2.75, 3.05) is 19.6 Å². The third-order valence-electron chi connectivity index (χ3n) is 6.45. The zero-order valence-electron chi connectivity index (χ0n) is 17.0. The number of hydrazine groups is 1. The molecule has 3 atom stereocenters. The fourth-order valence-corrected chi connectivity index (χ4v) is 4.80. The summed E-state index contributed by atoms with van der Waals surface area (Å²) in [4.78, 5) is 2.66. The topological polar surface area (TPSA) is 53.3 Å². The summed E-state index contributed by atoms with van der Waals surface area (Å²) in [7, 11) is 0. The highest BCUT2D eigenvalue weighted by Gasteiger charge is 2.36. The van der Waals surface area contributed by atoms with Gasteiger partial charge in [0.1, 0.15) is 5.76 Å². The summed E-state index contributed by atoms with van der Waals surface area (Å²) in [5.41, 5.74) is 13.4. The van der Waals surface area contributed by atoms with E-state index in [-0.39, 0.29) is 0 Å². The molecule has 27 heavy (non-hydrogen) atoms.